The number of nitrogen functional groups attached to an aromatic ring is 1. The molecule has 0 saturated heterocycles. The van der Waals surface area contributed by atoms with E-state index >= 15 is 0 Å². The van der Waals surface area contributed by atoms with Crippen LogP contribution in [0.1, 0.15) is 15.9 Å². The van der Waals surface area contributed by atoms with Crippen LogP contribution in [0.3, 0.4) is 0 Å². The Morgan fingerprint density at radius 3 is 2.67 bits per heavy atom. The number of carbonyl (C=O) groups is 1. The average molecular weight is 280 g/mol. The van der Waals surface area contributed by atoms with Gasteiger partial charge in [-0.3, -0.25) is 4.79 Å². The number of rotatable bonds is 3. The number of hydrogen-bond donors (Lipinski definition) is 2. The number of benzene rings is 2. The van der Waals surface area contributed by atoms with Crippen LogP contribution in [-0.2, 0) is 0 Å². The second-order valence-electron chi connectivity index (χ2n) is 4.82. The fraction of sp³-hybridized carbons (Fsp3) is 0.125. The van der Waals surface area contributed by atoms with E-state index in [2.05, 4.69) is 11.4 Å². The summed E-state index contributed by atoms with van der Waals surface area (Å²) in [6, 6.07) is 14.2. The van der Waals surface area contributed by atoms with Gasteiger partial charge < -0.3 is 16.0 Å². The van der Waals surface area contributed by atoms with Crippen molar-refractivity contribution in [1.29, 1.82) is 5.26 Å². The quantitative estimate of drug-likeness (QED) is 0.847. The van der Waals surface area contributed by atoms with E-state index in [1.165, 1.54) is 4.90 Å². The summed E-state index contributed by atoms with van der Waals surface area (Å²) in [7, 11) is 3.39. The van der Waals surface area contributed by atoms with Gasteiger partial charge in [0.1, 0.15) is 0 Å². The van der Waals surface area contributed by atoms with Gasteiger partial charge in [-0.05, 0) is 36.4 Å². The van der Waals surface area contributed by atoms with Gasteiger partial charge in [-0.1, -0.05) is 6.07 Å². The zero-order valence-electron chi connectivity index (χ0n) is 11.9. The molecule has 106 valence electrons. The van der Waals surface area contributed by atoms with Crippen LogP contribution >= 0.6 is 0 Å². The molecule has 2 rings (SSSR count). The number of hydrogen-bond acceptors (Lipinski definition) is 4. The molecule has 5 nitrogen and oxygen atoms in total. The molecule has 1 amide bonds. The molecule has 0 unspecified atom stereocenters. The van der Waals surface area contributed by atoms with Crippen molar-refractivity contribution < 1.29 is 4.79 Å². The molecule has 5 heteroatoms. The Bertz CT molecular complexity index is 716. The van der Waals surface area contributed by atoms with Crippen molar-refractivity contribution >= 4 is 23.0 Å². The first-order valence-corrected chi connectivity index (χ1v) is 6.39. The van der Waals surface area contributed by atoms with Gasteiger partial charge >= 0.3 is 0 Å². The predicted octanol–water partition coefficient (Wildman–Crippen LogP) is 2.59. The van der Waals surface area contributed by atoms with Crippen molar-refractivity contribution in [3.8, 4) is 6.07 Å². The van der Waals surface area contributed by atoms with E-state index in [-0.39, 0.29) is 5.91 Å². The van der Waals surface area contributed by atoms with Crippen molar-refractivity contribution in [1.82, 2.24) is 4.90 Å². The number of nitrogens with one attached hydrogen (secondary N) is 1. The fourth-order valence-electron chi connectivity index (χ4n) is 1.91. The van der Waals surface area contributed by atoms with Crippen LogP contribution < -0.4 is 11.1 Å². The maximum atomic E-state index is 12.2. The molecule has 0 heterocycles. The predicted molar refractivity (Wildman–Crippen MR) is 83.3 cm³/mol. The Hall–Kier alpha value is -3.00. The molecule has 2 aromatic carbocycles. The lowest BCUT2D eigenvalue weighted by Crippen LogP contribution is -2.22. The van der Waals surface area contributed by atoms with Gasteiger partial charge in [0.25, 0.3) is 5.91 Å². The van der Waals surface area contributed by atoms with Crippen LogP contribution in [0.15, 0.2) is 42.5 Å². The maximum Gasteiger partial charge on any atom is 0.255 e. The minimum absolute atomic E-state index is 0.117. The SMILES string of the molecule is CN(C)C(=O)c1ccc(N)cc1Nc1cccc(C#N)c1. The molecule has 0 fully saturated rings. The summed E-state index contributed by atoms with van der Waals surface area (Å²) in [6.07, 6.45) is 0. The molecule has 0 bridgehead atoms. The lowest BCUT2D eigenvalue weighted by Gasteiger charge is -2.16. The Balaban J connectivity index is 2.41. The molecule has 0 spiro atoms. The largest absolute Gasteiger partial charge is 0.399 e. The average Bonchev–Trinajstić information content (AvgIpc) is 2.47. The first-order chi connectivity index (χ1) is 10.0. The van der Waals surface area contributed by atoms with E-state index in [1.54, 1.807) is 50.5 Å². The van der Waals surface area contributed by atoms with Crippen LogP contribution in [0.5, 0.6) is 0 Å². The first kappa shape index (κ1) is 14.4. The van der Waals surface area contributed by atoms with Crippen LogP contribution in [0.4, 0.5) is 17.1 Å². The van der Waals surface area contributed by atoms with E-state index in [0.29, 0.717) is 22.5 Å². The highest BCUT2D eigenvalue weighted by molar-refractivity contribution is 6.00. The molecule has 0 saturated carbocycles. The second-order valence-corrected chi connectivity index (χ2v) is 4.82. The highest BCUT2D eigenvalue weighted by Gasteiger charge is 2.13. The Morgan fingerprint density at radius 2 is 2.00 bits per heavy atom. The zero-order chi connectivity index (χ0) is 15.4. The summed E-state index contributed by atoms with van der Waals surface area (Å²) in [5, 5.41) is 12.1. The molecule has 0 radical (unpaired) electrons. The van der Waals surface area contributed by atoms with E-state index in [4.69, 9.17) is 11.0 Å². The number of anilines is 3. The molecule has 2 aromatic rings. The highest BCUT2D eigenvalue weighted by atomic mass is 16.2. The van der Waals surface area contributed by atoms with Crippen LogP contribution in [0.2, 0.25) is 0 Å². The summed E-state index contributed by atoms with van der Waals surface area (Å²) in [5.41, 5.74) is 8.77. The lowest BCUT2D eigenvalue weighted by atomic mass is 10.1. The van der Waals surface area contributed by atoms with E-state index in [9.17, 15) is 4.79 Å². The Morgan fingerprint density at radius 1 is 1.24 bits per heavy atom. The molecule has 0 atom stereocenters. The summed E-state index contributed by atoms with van der Waals surface area (Å²) >= 11 is 0. The van der Waals surface area contributed by atoms with Crippen molar-refractivity contribution in [2.24, 2.45) is 0 Å². The molecule has 0 aliphatic carbocycles. The third-order valence-electron chi connectivity index (χ3n) is 2.95. The molecule has 3 N–H and O–H groups in total. The van der Waals surface area contributed by atoms with Gasteiger partial charge in [-0.2, -0.15) is 5.26 Å². The number of amides is 1. The fourth-order valence-corrected chi connectivity index (χ4v) is 1.91. The van der Waals surface area contributed by atoms with Crippen molar-refractivity contribution in [3.05, 3.63) is 53.6 Å². The molecular formula is C16H16N4O. The number of nitrogens with two attached hydrogens (primary N) is 1. The standard InChI is InChI=1S/C16H16N4O/c1-20(2)16(21)14-7-6-12(18)9-15(14)19-13-5-3-4-11(8-13)10-17/h3-9,19H,18H2,1-2H3. The molecule has 0 aliphatic rings. The number of carbonyl (C=O) groups excluding carboxylic acids is 1. The monoisotopic (exact) mass is 280 g/mol. The highest BCUT2D eigenvalue weighted by Crippen LogP contribution is 2.25. The molecule has 21 heavy (non-hydrogen) atoms. The van der Waals surface area contributed by atoms with E-state index in [0.717, 1.165) is 5.69 Å². The third-order valence-corrected chi connectivity index (χ3v) is 2.95. The summed E-state index contributed by atoms with van der Waals surface area (Å²) < 4.78 is 0. The summed E-state index contributed by atoms with van der Waals surface area (Å²) in [4.78, 5) is 13.7. The number of nitriles is 1. The third kappa shape index (κ3) is 3.31. The van der Waals surface area contributed by atoms with Crippen molar-refractivity contribution in [3.63, 3.8) is 0 Å². The van der Waals surface area contributed by atoms with Crippen molar-refractivity contribution in [2.45, 2.75) is 0 Å². The number of nitrogens with zero attached hydrogens (tertiary/aromatic N) is 2. The normalized spacial score (nSPS) is 9.76. The van der Waals surface area contributed by atoms with Crippen LogP contribution in [-0.4, -0.2) is 24.9 Å². The van der Waals surface area contributed by atoms with Gasteiger partial charge in [0.15, 0.2) is 0 Å². The topological polar surface area (TPSA) is 82.2 Å². The van der Waals surface area contributed by atoms with E-state index in [1.807, 2.05) is 6.07 Å². The van der Waals surface area contributed by atoms with Gasteiger partial charge in [0, 0.05) is 25.5 Å². The van der Waals surface area contributed by atoms with Crippen molar-refractivity contribution in [2.75, 3.05) is 25.1 Å². The molecule has 0 aromatic heterocycles. The minimum atomic E-state index is -0.117. The summed E-state index contributed by atoms with van der Waals surface area (Å²) in [5.74, 6) is -0.117. The van der Waals surface area contributed by atoms with E-state index < -0.39 is 0 Å². The smallest absolute Gasteiger partial charge is 0.255 e. The van der Waals surface area contributed by atoms with Crippen LogP contribution in [0.25, 0.3) is 0 Å². The zero-order valence-corrected chi connectivity index (χ0v) is 11.9. The second kappa shape index (κ2) is 5.97. The Kier molecular flexibility index (Phi) is 4.10. The van der Waals surface area contributed by atoms with Gasteiger partial charge in [0.2, 0.25) is 0 Å². The first-order valence-electron chi connectivity index (χ1n) is 6.39. The maximum absolute atomic E-state index is 12.2. The van der Waals surface area contributed by atoms with Crippen LogP contribution in [0, 0.1) is 11.3 Å². The lowest BCUT2D eigenvalue weighted by molar-refractivity contribution is 0.0828. The molecule has 0 aliphatic heterocycles. The van der Waals surface area contributed by atoms with Gasteiger partial charge in [-0.25, -0.2) is 0 Å². The summed E-state index contributed by atoms with van der Waals surface area (Å²) in [6.45, 7) is 0. The minimum Gasteiger partial charge on any atom is -0.399 e. The van der Waals surface area contributed by atoms with Gasteiger partial charge in [0.05, 0.1) is 22.9 Å². The van der Waals surface area contributed by atoms with Gasteiger partial charge in [-0.15, -0.1) is 0 Å². The Labute approximate surface area is 123 Å². The molecular weight excluding hydrogens is 264 g/mol.